The molecule has 7 nitrogen and oxygen atoms in total. The minimum atomic E-state index is -0.689. The topological polar surface area (TPSA) is 89.5 Å². The summed E-state index contributed by atoms with van der Waals surface area (Å²) in [7, 11) is 1.34. The van der Waals surface area contributed by atoms with Crippen molar-refractivity contribution in [1.82, 2.24) is 4.98 Å². The number of rotatable bonds is 5. The van der Waals surface area contributed by atoms with Crippen molar-refractivity contribution >= 4 is 23.4 Å². The molecule has 0 spiro atoms. The second-order valence-electron chi connectivity index (χ2n) is 7.93. The number of hydrogen-bond acceptors (Lipinski definition) is 5. The van der Waals surface area contributed by atoms with Gasteiger partial charge in [-0.15, -0.1) is 0 Å². The van der Waals surface area contributed by atoms with Crippen molar-refractivity contribution in [3.05, 3.63) is 72.3 Å². The SMILES string of the molecule is COc1ccc(C(=O)Nc2cc(-c3ccncc3)ccc2NC(=O)OC(C)(C)C)cc1F. The van der Waals surface area contributed by atoms with Crippen molar-refractivity contribution in [2.75, 3.05) is 17.7 Å². The van der Waals surface area contributed by atoms with Gasteiger partial charge in [0.15, 0.2) is 11.6 Å². The lowest BCUT2D eigenvalue weighted by Crippen LogP contribution is -2.27. The molecule has 0 atom stereocenters. The lowest BCUT2D eigenvalue weighted by atomic mass is 10.1. The predicted octanol–water partition coefficient (Wildman–Crippen LogP) is 5.50. The van der Waals surface area contributed by atoms with Gasteiger partial charge in [-0.3, -0.25) is 15.1 Å². The van der Waals surface area contributed by atoms with Gasteiger partial charge in [0.25, 0.3) is 5.91 Å². The van der Waals surface area contributed by atoms with E-state index in [1.165, 1.54) is 19.2 Å². The van der Waals surface area contributed by atoms with Crippen molar-refractivity contribution in [2.45, 2.75) is 26.4 Å². The third-order valence-electron chi connectivity index (χ3n) is 4.33. The van der Waals surface area contributed by atoms with Crippen LogP contribution in [0, 0.1) is 5.82 Å². The van der Waals surface area contributed by atoms with Crippen LogP contribution < -0.4 is 15.4 Å². The number of aromatic nitrogens is 1. The second kappa shape index (κ2) is 9.47. The Labute approximate surface area is 185 Å². The normalized spacial score (nSPS) is 10.9. The second-order valence-corrected chi connectivity index (χ2v) is 7.93. The summed E-state index contributed by atoms with van der Waals surface area (Å²) in [6.07, 6.45) is 2.64. The van der Waals surface area contributed by atoms with Gasteiger partial charge in [-0.25, -0.2) is 9.18 Å². The highest BCUT2D eigenvalue weighted by Gasteiger charge is 2.19. The molecule has 8 heteroatoms. The molecule has 0 saturated carbocycles. The molecule has 3 aromatic rings. The fourth-order valence-electron chi connectivity index (χ4n) is 2.90. The average Bonchev–Trinajstić information content (AvgIpc) is 2.74. The molecule has 1 aromatic heterocycles. The van der Waals surface area contributed by atoms with Crippen molar-refractivity contribution in [3.63, 3.8) is 0 Å². The molecule has 0 radical (unpaired) electrons. The molecule has 0 aliphatic rings. The summed E-state index contributed by atoms with van der Waals surface area (Å²) in [4.78, 5) is 29.1. The molecule has 0 aliphatic carbocycles. The van der Waals surface area contributed by atoms with Crippen LogP contribution in [0.1, 0.15) is 31.1 Å². The third-order valence-corrected chi connectivity index (χ3v) is 4.33. The van der Waals surface area contributed by atoms with Crippen molar-refractivity contribution in [1.29, 1.82) is 0 Å². The van der Waals surface area contributed by atoms with Gasteiger partial charge < -0.3 is 14.8 Å². The smallest absolute Gasteiger partial charge is 0.412 e. The molecule has 3 rings (SSSR count). The number of methoxy groups -OCH3 is 1. The number of nitrogens with one attached hydrogen (secondary N) is 2. The zero-order valence-corrected chi connectivity index (χ0v) is 18.2. The van der Waals surface area contributed by atoms with E-state index in [1.54, 1.807) is 51.4 Å². The van der Waals surface area contributed by atoms with Gasteiger partial charge in [-0.05, 0) is 74.4 Å². The van der Waals surface area contributed by atoms with E-state index in [2.05, 4.69) is 15.6 Å². The minimum Gasteiger partial charge on any atom is -0.494 e. The maximum Gasteiger partial charge on any atom is 0.412 e. The summed E-state index contributed by atoms with van der Waals surface area (Å²) >= 11 is 0. The van der Waals surface area contributed by atoms with E-state index in [0.29, 0.717) is 11.4 Å². The quantitative estimate of drug-likeness (QED) is 0.550. The first-order chi connectivity index (χ1) is 15.2. The van der Waals surface area contributed by atoms with Gasteiger partial charge in [0.2, 0.25) is 0 Å². The third kappa shape index (κ3) is 5.81. The van der Waals surface area contributed by atoms with E-state index in [-0.39, 0.29) is 11.3 Å². The van der Waals surface area contributed by atoms with E-state index < -0.39 is 23.4 Å². The average molecular weight is 437 g/mol. The fourth-order valence-corrected chi connectivity index (χ4v) is 2.90. The Morgan fingerprint density at radius 1 is 0.906 bits per heavy atom. The van der Waals surface area contributed by atoms with E-state index in [0.717, 1.165) is 17.2 Å². The Balaban J connectivity index is 1.93. The molecular weight excluding hydrogens is 413 g/mol. The lowest BCUT2D eigenvalue weighted by molar-refractivity contribution is 0.0635. The van der Waals surface area contributed by atoms with Gasteiger partial charge in [-0.1, -0.05) is 6.07 Å². The Morgan fingerprint density at radius 2 is 1.62 bits per heavy atom. The van der Waals surface area contributed by atoms with Crippen LogP contribution in [0.2, 0.25) is 0 Å². The summed E-state index contributed by atoms with van der Waals surface area (Å²) in [5.41, 5.74) is 1.73. The number of nitrogens with zero attached hydrogens (tertiary/aromatic N) is 1. The van der Waals surface area contributed by atoms with Gasteiger partial charge in [0.05, 0.1) is 18.5 Å². The summed E-state index contributed by atoms with van der Waals surface area (Å²) < 4.78 is 24.3. The van der Waals surface area contributed by atoms with E-state index in [4.69, 9.17) is 9.47 Å². The van der Waals surface area contributed by atoms with E-state index in [9.17, 15) is 14.0 Å². The molecule has 1 heterocycles. The number of pyridine rings is 1. The highest BCUT2D eigenvalue weighted by Crippen LogP contribution is 2.30. The van der Waals surface area contributed by atoms with Crippen LogP contribution in [0.5, 0.6) is 5.75 Å². The highest BCUT2D eigenvalue weighted by atomic mass is 19.1. The first-order valence-electron chi connectivity index (χ1n) is 9.85. The van der Waals surface area contributed by atoms with Crippen LogP contribution in [0.3, 0.4) is 0 Å². The monoisotopic (exact) mass is 437 g/mol. The number of amides is 2. The molecule has 2 aromatic carbocycles. The number of carbonyl (C=O) groups is 2. The molecule has 0 saturated heterocycles. The molecule has 0 fully saturated rings. The Hall–Kier alpha value is -3.94. The Morgan fingerprint density at radius 3 is 2.25 bits per heavy atom. The molecule has 0 unspecified atom stereocenters. The van der Waals surface area contributed by atoms with Crippen LogP contribution in [-0.2, 0) is 4.74 Å². The van der Waals surface area contributed by atoms with Crippen LogP contribution in [-0.4, -0.2) is 29.7 Å². The molecule has 0 bridgehead atoms. The summed E-state index contributed by atoms with van der Waals surface area (Å²) in [5.74, 6) is -1.17. The van der Waals surface area contributed by atoms with Crippen LogP contribution in [0.4, 0.5) is 20.6 Å². The maximum atomic E-state index is 14.1. The summed E-state index contributed by atoms with van der Waals surface area (Å²) in [5, 5.41) is 5.39. The number of halogens is 1. The number of hydrogen-bond donors (Lipinski definition) is 2. The lowest BCUT2D eigenvalue weighted by Gasteiger charge is -2.21. The van der Waals surface area contributed by atoms with Crippen LogP contribution in [0.25, 0.3) is 11.1 Å². The van der Waals surface area contributed by atoms with Gasteiger partial charge in [0, 0.05) is 18.0 Å². The number of carbonyl (C=O) groups excluding carboxylic acids is 2. The first kappa shape index (κ1) is 22.7. The van der Waals surface area contributed by atoms with E-state index in [1.807, 2.05) is 12.1 Å². The molecule has 166 valence electrons. The standard InChI is InChI=1S/C24H24FN3O4/c1-24(2,3)32-23(30)28-19-7-5-16(15-9-11-26-12-10-15)14-20(19)27-22(29)17-6-8-21(31-4)18(25)13-17/h5-14H,1-4H3,(H,27,29)(H,28,30). The van der Waals surface area contributed by atoms with Gasteiger partial charge in [-0.2, -0.15) is 0 Å². The first-order valence-corrected chi connectivity index (χ1v) is 9.85. The summed E-state index contributed by atoms with van der Waals surface area (Å²) in [6.45, 7) is 5.25. The molecule has 2 N–H and O–H groups in total. The van der Waals surface area contributed by atoms with Gasteiger partial charge >= 0.3 is 6.09 Å². The number of ether oxygens (including phenoxy) is 2. The zero-order chi connectivity index (χ0) is 23.3. The molecule has 32 heavy (non-hydrogen) atoms. The fraction of sp³-hybridized carbons (Fsp3) is 0.208. The number of anilines is 2. The van der Waals surface area contributed by atoms with Crippen molar-refractivity contribution in [2.24, 2.45) is 0 Å². The molecular formula is C24H24FN3O4. The maximum absolute atomic E-state index is 14.1. The van der Waals surface area contributed by atoms with Crippen molar-refractivity contribution < 1.29 is 23.5 Å². The van der Waals surface area contributed by atoms with Crippen LogP contribution in [0.15, 0.2) is 60.9 Å². The predicted molar refractivity (Wildman–Crippen MR) is 120 cm³/mol. The minimum absolute atomic E-state index is 0.0357. The highest BCUT2D eigenvalue weighted by molar-refractivity contribution is 6.07. The van der Waals surface area contributed by atoms with Gasteiger partial charge in [0.1, 0.15) is 5.60 Å². The summed E-state index contributed by atoms with van der Waals surface area (Å²) in [6, 6.07) is 12.7. The molecule has 0 aliphatic heterocycles. The Kier molecular flexibility index (Phi) is 6.73. The van der Waals surface area contributed by atoms with Crippen molar-refractivity contribution in [3.8, 4) is 16.9 Å². The Bertz CT molecular complexity index is 1130. The number of benzene rings is 2. The van der Waals surface area contributed by atoms with Crippen LogP contribution >= 0.6 is 0 Å². The van der Waals surface area contributed by atoms with E-state index >= 15 is 0 Å². The largest absolute Gasteiger partial charge is 0.494 e. The molecule has 2 amide bonds. The zero-order valence-electron chi connectivity index (χ0n) is 18.2.